The first-order valence-corrected chi connectivity index (χ1v) is 7.41. The number of amides is 1. The van der Waals surface area contributed by atoms with Crippen molar-refractivity contribution >= 4 is 56.4 Å². The molecule has 0 bridgehead atoms. The lowest BCUT2D eigenvalue weighted by atomic mass is 10.1. The van der Waals surface area contributed by atoms with Crippen LogP contribution in [0.4, 0.5) is 15.8 Å². The van der Waals surface area contributed by atoms with Crippen LogP contribution in [0.15, 0.2) is 34.8 Å². The maximum Gasteiger partial charge on any atom is 0.257 e. The summed E-state index contributed by atoms with van der Waals surface area (Å²) in [6.45, 7) is 0. The van der Waals surface area contributed by atoms with Crippen LogP contribution in [-0.2, 0) is 0 Å². The lowest BCUT2D eigenvalue weighted by molar-refractivity contribution is 0.102. The Kier molecular flexibility index (Phi) is 5.08. The first-order valence-electron chi connectivity index (χ1n) is 5.86. The molecule has 0 fully saturated rings. The molecule has 2 aromatic carbocycles. The van der Waals surface area contributed by atoms with Gasteiger partial charge in [-0.3, -0.25) is 4.79 Å². The molecule has 0 radical (unpaired) electrons. The van der Waals surface area contributed by atoms with Gasteiger partial charge in [-0.25, -0.2) is 4.39 Å². The highest BCUT2D eigenvalue weighted by Crippen LogP contribution is 2.34. The van der Waals surface area contributed by atoms with Crippen LogP contribution in [-0.4, -0.2) is 13.0 Å². The molecule has 0 aliphatic carbocycles. The fraction of sp³-hybridized carbons (Fsp3) is 0.0714. The van der Waals surface area contributed by atoms with Gasteiger partial charge >= 0.3 is 0 Å². The minimum Gasteiger partial charge on any atom is -0.385 e. The standard InChI is InChI=1S/C14H10BrCl2FN2O/c1-19-12-8(3-2-4-11(12)18)14(21)20-13-9(16)5-7(15)6-10(13)17/h2-6,19H,1H3,(H,20,21). The van der Waals surface area contributed by atoms with Gasteiger partial charge in [0.05, 0.1) is 27.0 Å². The van der Waals surface area contributed by atoms with Crippen molar-refractivity contribution < 1.29 is 9.18 Å². The number of rotatable bonds is 3. The minimum atomic E-state index is -0.516. The molecule has 0 aliphatic rings. The third-order valence-electron chi connectivity index (χ3n) is 2.75. The molecule has 0 aromatic heterocycles. The zero-order chi connectivity index (χ0) is 15.6. The maximum atomic E-state index is 13.7. The highest BCUT2D eigenvalue weighted by atomic mass is 79.9. The van der Waals surface area contributed by atoms with E-state index in [1.54, 1.807) is 12.1 Å². The molecule has 0 heterocycles. The van der Waals surface area contributed by atoms with Gasteiger partial charge in [0.2, 0.25) is 0 Å². The van der Waals surface area contributed by atoms with E-state index in [2.05, 4.69) is 26.6 Å². The lowest BCUT2D eigenvalue weighted by Crippen LogP contribution is -2.15. The predicted octanol–water partition coefficient (Wildman–Crippen LogP) is 5.19. The SMILES string of the molecule is CNc1c(F)cccc1C(=O)Nc1c(Cl)cc(Br)cc1Cl. The van der Waals surface area contributed by atoms with Crippen LogP contribution in [0.25, 0.3) is 0 Å². The van der Waals surface area contributed by atoms with Gasteiger partial charge in [0.25, 0.3) is 5.91 Å². The third kappa shape index (κ3) is 3.48. The van der Waals surface area contributed by atoms with Crippen LogP contribution < -0.4 is 10.6 Å². The largest absolute Gasteiger partial charge is 0.385 e. The van der Waals surface area contributed by atoms with E-state index in [1.807, 2.05) is 0 Å². The van der Waals surface area contributed by atoms with E-state index in [4.69, 9.17) is 23.2 Å². The van der Waals surface area contributed by atoms with Crippen molar-refractivity contribution in [2.45, 2.75) is 0 Å². The zero-order valence-corrected chi connectivity index (χ0v) is 13.9. The number of hydrogen-bond acceptors (Lipinski definition) is 2. The molecule has 7 heteroatoms. The molecule has 0 aliphatic heterocycles. The summed E-state index contributed by atoms with van der Waals surface area (Å²) in [4.78, 5) is 12.3. The second kappa shape index (κ2) is 6.64. The van der Waals surface area contributed by atoms with E-state index >= 15 is 0 Å². The summed E-state index contributed by atoms with van der Waals surface area (Å²) in [6.07, 6.45) is 0. The first kappa shape index (κ1) is 16.1. The molecular formula is C14H10BrCl2FN2O. The van der Waals surface area contributed by atoms with Crippen LogP contribution in [0.2, 0.25) is 10.0 Å². The second-order valence-electron chi connectivity index (χ2n) is 4.11. The smallest absolute Gasteiger partial charge is 0.257 e. The maximum absolute atomic E-state index is 13.7. The van der Waals surface area contributed by atoms with Crippen LogP contribution in [0.3, 0.4) is 0 Å². The van der Waals surface area contributed by atoms with Gasteiger partial charge in [-0.15, -0.1) is 0 Å². The van der Waals surface area contributed by atoms with Crippen LogP contribution >= 0.6 is 39.1 Å². The number of para-hydroxylation sites is 1. The average molecular weight is 392 g/mol. The molecule has 1 amide bonds. The van der Waals surface area contributed by atoms with E-state index < -0.39 is 11.7 Å². The number of carbonyl (C=O) groups is 1. The fourth-order valence-electron chi connectivity index (χ4n) is 1.81. The highest BCUT2D eigenvalue weighted by molar-refractivity contribution is 9.10. The topological polar surface area (TPSA) is 41.1 Å². The van der Waals surface area contributed by atoms with Gasteiger partial charge in [0.1, 0.15) is 5.82 Å². The van der Waals surface area contributed by atoms with Crippen molar-refractivity contribution in [3.63, 3.8) is 0 Å². The first-order chi connectivity index (χ1) is 9.93. The van der Waals surface area contributed by atoms with E-state index in [0.717, 1.165) is 0 Å². The Morgan fingerprint density at radius 1 is 1.19 bits per heavy atom. The summed E-state index contributed by atoms with van der Waals surface area (Å²) >= 11 is 15.4. The molecule has 0 atom stereocenters. The molecule has 2 rings (SSSR count). The molecule has 0 saturated carbocycles. The van der Waals surface area contributed by atoms with Crippen molar-refractivity contribution in [2.24, 2.45) is 0 Å². The Labute approximate surface area is 139 Å². The molecule has 3 nitrogen and oxygen atoms in total. The summed E-state index contributed by atoms with van der Waals surface area (Å²) in [5.41, 5.74) is 0.546. The van der Waals surface area contributed by atoms with Crippen molar-refractivity contribution in [1.82, 2.24) is 0 Å². The van der Waals surface area contributed by atoms with Gasteiger partial charge in [-0.1, -0.05) is 45.2 Å². The van der Waals surface area contributed by atoms with Crippen molar-refractivity contribution in [2.75, 3.05) is 17.7 Å². The highest BCUT2D eigenvalue weighted by Gasteiger charge is 2.17. The van der Waals surface area contributed by atoms with E-state index in [1.165, 1.54) is 25.2 Å². The van der Waals surface area contributed by atoms with E-state index in [-0.39, 0.29) is 27.0 Å². The number of carbonyl (C=O) groups excluding carboxylic acids is 1. The molecule has 2 N–H and O–H groups in total. The van der Waals surface area contributed by atoms with Crippen LogP contribution in [0.5, 0.6) is 0 Å². The normalized spacial score (nSPS) is 10.3. The van der Waals surface area contributed by atoms with Crippen molar-refractivity contribution in [3.05, 3.63) is 56.2 Å². The Bertz CT molecular complexity index is 686. The van der Waals surface area contributed by atoms with Gasteiger partial charge in [0.15, 0.2) is 0 Å². The summed E-state index contributed by atoms with van der Waals surface area (Å²) in [6, 6.07) is 7.43. The predicted molar refractivity (Wildman–Crippen MR) is 88.1 cm³/mol. The second-order valence-corrected chi connectivity index (χ2v) is 5.84. The number of halogens is 4. The average Bonchev–Trinajstić information content (AvgIpc) is 2.42. The number of anilines is 2. The fourth-order valence-corrected chi connectivity index (χ4v) is 3.11. The third-order valence-corrected chi connectivity index (χ3v) is 3.81. The lowest BCUT2D eigenvalue weighted by Gasteiger charge is -2.13. The molecule has 0 unspecified atom stereocenters. The summed E-state index contributed by atoms with van der Waals surface area (Å²) in [5, 5.41) is 5.82. The number of nitrogens with one attached hydrogen (secondary N) is 2. The molecule has 21 heavy (non-hydrogen) atoms. The Balaban J connectivity index is 2.38. The van der Waals surface area contributed by atoms with Crippen LogP contribution in [0.1, 0.15) is 10.4 Å². The van der Waals surface area contributed by atoms with Gasteiger partial charge in [0, 0.05) is 11.5 Å². The zero-order valence-electron chi connectivity index (χ0n) is 10.8. The Morgan fingerprint density at radius 3 is 2.38 bits per heavy atom. The van der Waals surface area contributed by atoms with Crippen molar-refractivity contribution in [3.8, 4) is 0 Å². The van der Waals surface area contributed by atoms with E-state index in [9.17, 15) is 9.18 Å². The van der Waals surface area contributed by atoms with E-state index in [0.29, 0.717) is 4.47 Å². The molecule has 0 saturated heterocycles. The minimum absolute atomic E-state index is 0.111. The van der Waals surface area contributed by atoms with Gasteiger partial charge in [-0.05, 0) is 24.3 Å². The summed E-state index contributed by atoms with van der Waals surface area (Å²) in [7, 11) is 1.54. The number of hydrogen-bond donors (Lipinski definition) is 2. The molecule has 2 aromatic rings. The summed E-state index contributed by atoms with van der Waals surface area (Å²) < 4.78 is 14.4. The molecule has 0 spiro atoms. The molecule has 110 valence electrons. The quantitative estimate of drug-likeness (QED) is 0.755. The van der Waals surface area contributed by atoms with Crippen molar-refractivity contribution in [1.29, 1.82) is 0 Å². The van der Waals surface area contributed by atoms with Crippen LogP contribution in [0, 0.1) is 5.82 Å². The molecular weight excluding hydrogens is 382 g/mol. The Hall–Kier alpha value is -1.30. The summed E-state index contributed by atoms with van der Waals surface area (Å²) in [5.74, 6) is -1.02. The monoisotopic (exact) mass is 390 g/mol. The van der Waals surface area contributed by atoms with Gasteiger partial charge in [-0.2, -0.15) is 0 Å². The van der Waals surface area contributed by atoms with Gasteiger partial charge < -0.3 is 10.6 Å². The number of benzene rings is 2. The Morgan fingerprint density at radius 2 is 1.81 bits per heavy atom.